The normalized spacial score (nSPS) is 20.3. The number of carboxylic acid groups (broad SMARTS) is 1. The predicted molar refractivity (Wildman–Crippen MR) is 75.3 cm³/mol. The molecule has 1 aliphatic heterocycles. The van der Waals surface area contributed by atoms with E-state index in [9.17, 15) is 22.8 Å². The van der Waals surface area contributed by atoms with Gasteiger partial charge in [-0.3, -0.25) is 9.59 Å². The first-order valence-corrected chi connectivity index (χ1v) is 7.07. The van der Waals surface area contributed by atoms with Gasteiger partial charge >= 0.3 is 12.1 Å². The number of aliphatic carboxylic acids is 1. The van der Waals surface area contributed by atoms with E-state index in [-0.39, 0.29) is 10.2 Å². The molecule has 2 N–H and O–H groups in total. The molecule has 1 saturated heterocycles. The molecule has 1 amide bonds. The van der Waals surface area contributed by atoms with Crippen molar-refractivity contribution in [1.82, 2.24) is 5.32 Å². The number of nitrogens with one attached hydrogen (secondary N) is 1. The number of amidine groups is 1. The van der Waals surface area contributed by atoms with Crippen LogP contribution >= 0.6 is 23.4 Å². The maximum absolute atomic E-state index is 12.9. The third kappa shape index (κ3) is 3.92. The highest BCUT2D eigenvalue weighted by Gasteiger charge is 2.36. The molecule has 1 aliphatic rings. The van der Waals surface area contributed by atoms with E-state index in [4.69, 9.17) is 16.7 Å². The lowest BCUT2D eigenvalue weighted by Gasteiger charge is -2.10. The molecule has 118 valence electrons. The molecule has 0 unspecified atom stereocenters. The van der Waals surface area contributed by atoms with Crippen LogP contribution in [0.1, 0.15) is 12.0 Å². The second kappa shape index (κ2) is 6.17. The fourth-order valence-electron chi connectivity index (χ4n) is 1.69. The summed E-state index contributed by atoms with van der Waals surface area (Å²) in [6, 6.07) is 3.05. The zero-order chi connectivity index (χ0) is 16.5. The molecule has 5 nitrogen and oxygen atoms in total. The first kappa shape index (κ1) is 16.6. The number of carbonyl (C=O) groups is 2. The minimum absolute atomic E-state index is 0.0796. The van der Waals surface area contributed by atoms with E-state index in [1.807, 2.05) is 0 Å². The van der Waals surface area contributed by atoms with Crippen molar-refractivity contribution in [3.8, 4) is 0 Å². The first-order chi connectivity index (χ1) is 10.2. The molecule has 0 aliphatic carbocycles. The Labute approximate surface area is 131 Å². The number of rotatable bonds is 3. The Morgan fingerprint density at radius 3 is 2.73 bits per heavy atom. The van der Waals surface area contributed by atoms with E-state index in [2.05, 4.69) is 10.3 Å². The lowest BCUT2D eigenvalue weighted by Crippen LogP contribution is -2.26. The van der Waals surface area contributed by atoms with Crippen LogP contribution in [0.2, 0.25) is 5.02 Å². The van der Waals surface area contributed by atoms with Crippen LogP contribution in [-0.4, -0.2) is 27.4 Å². The van der Waals surface area contributed by atoms with Gasteiger partial charge in [0.25, 0.3) is 0 Å². The lowest BCUT2D eigenvalue weighted by molar-refractivity contribution is -0.138. The van der Waals surface area contributed by atoms with Crippen LogP contribution in [0.25, 0.3) is 0 Å². The van der Waals surface area contributed by atoms with Crippen LogP contribution in [0.4, 0.5) is 18.9 Å². The van der Waals surface area contributed by atoms with Crippen molar-refractivity contribution in [3.63, 3.8) is 0 Å². The summed E-state index contributed by atoms with van der Waals surface area (Å²) >= 11 is 6.33. The van der Waals surface area contributed by atoms with Crippen LogP contribution < -0.4 is 5.32 Å². The summed E-state index contributed by atoms with van der Waals surface area (Å²) < 4.78 is 38.8. The van der Waals surface area contributed by atoms with Crippen molar-refractivity contribution in [2.75, 3.05) is 0 Å². The lowest BCUT2D eigenvalue weighted by atomic mass is 10.2. The van der Waals surface area contributed by atoms with Gasteiger partial charge in [-0.1, -0.05) is 23.4 Å². The number of thioether (sulfide) groups is 1. The Kier molecular flexibility index (Phi) is 4.66. The summed E-state index contributed by atoms with van der Waals surface area (Å²) in [7, 11) is 0. The molecule has 22 heavy (non-hydrogen) atoms. The minimum atomic E-state index is -4.65. The van der Waals surface area contributed by atoms with Crippen LogP contribution in [0.15, 0.2) is 23.2 Å². The van der Waals surface area contributed by atoms with Crippen molar-refractivity contribution in [2.45, 2.75) is 17.8 Å². The van der Waals surface area contributed by atoms with Crippen LogP contribution in [0.5, 0.6) is 0 Å². The average molecular weight is 353 g/mol. The predicted octanol–water partition coefficient (Wildman–Crippen LogP) is 3.05. The second-order valence-corrected chi connectivity index (χ2v) is 5.90. The van der Waals surface area contributed by atoms with Crippen molar-refractivity contribution in [3.05, 3.63) is 28.8 Å². The van der Waals surface area contributed by atoms with Gasteiger partial charge in [0, 0.05) is 5.02 Å². The third-order valence-corrected chi connectivity index (χ3v) is 3.94. The van der Waals surface area contributed by atoms with Gasteiger partial charge in [-0.05, 0) is 18.2 Å². The van der Waals surface area contributed by atoms with Gasteiger partial charge < -0.3 is 10.4 Å². The van der Waals surface area contributed by atoms with Crippen LogP contribution in [0, 0.1) is 0 Å². The first-order valence-electron chi connectivity index (χ1n) is 5.81. The fraction of sp³-hybridized carbons (Fsp3) is 0.250. The highest BCUT2D eigenvalue weighted by atomic mass is 35.5. The largest absolute Gasteiger partial charge is 0.481 e. The number of carboxylic acids is 1. The number of aliphatic imine (C=N–C) groups is 1. The summed E-state index contributed by atoms with van der Waals surface area (Å²) in [4.78, 5) is 25.9. The smallest absolute Gasteiger partial charge is 0.418 e. The van der Waals surface area contributed by atoms with E-state index >= 15 is 0 Å². The molecular weight excluding hydrogens is 345 g/mol. The van der Waals surface area contributed by atoms with Crippen molar-refractivity contribution in [2.24, 2.45) is 4.99 Å². The monoisotopic (exact) mass is 352 g/mol. The molecule has 10 heteroatoms. The summed E-state index contributed by atoms with van der Waals surface area (Å²) in [5, 5.41) is 9.82. The summed E-state index contributed by atoms with van der Waals surface area (Å²) in [6.07, 6.45) is -5.10. The van der Waals surface area contributed by atoms with Crippen molar-refractivity contribution >= 4 is 46.1 Å². The Morgan fingerprint density at radius 2 is 2.14 bits per heavy atom. The third-order valence-electron chi connectivity index (χ3n) is 2.62. The van der Waals surface area contributed by atoms with Crippen LogP contribution in [-0.2, 0) is 15.8 Å². The quantitative estimate of drug-likeness (QED) is 0.876. The highest BCUT2D eigenvalue weighted by Crippen LogP contribution is 2.38. The Balaban J connectivity index is 2.31. The van der Waals surface area contributed by atoms with E-state index in [1.165, 1.54) is 6.07 Å². The molecule has 2 rings (SSSR count). The van der Waals surface area contributed by atoms with Crippen molar-refractivity contribution < 1.29 is 27.9 Å². The van der Waals surface area contributed by atoms with Crippen LogP contribution in [0.3, 0.4) is 0 Å². The van der Waals surface area contributed by atoms with E-state index in [0.717, 1.165) is 23.9 Å². The van der Waals surface area contributed by atoms with Gasteiger partial charge in [-0.15, -0.1) is 0 Å². The molecule has 0 radical (unpaired) electrons. The van der Waals surface area contributed by atoms with Gasteiger partial charge in [0.15, 0.2) is 5.17 Å². The Morgan fingerprint density at radius 1 is 1.45 bits per heavy atom. The molecule has 0 saturated carbocycles. The van der Waals surface area contributed by atoms with Gasteiger partial charge in [-0.2, -0.15) is 13.2 Å². The molecule has 0 spiro atoms. The Bertz CT molecular complexity index is 664. The van der Waals surface area contributed by atoms with E-state index in [1.54, 1.807) is 0 Å². The van der Waals surface area contributed by atoms with Gasteiger partial charge in [0.05, 0.1) is 17.7 Å². The molecule has 1 aromatic rings. The maximum atomic E-state index is 12.9. The molecule has 1 heterocycles. The summed E-state index contributed by atoms with van der Waals surface area (Å²) in [5.41, 5.74) is -1.44. The molecule has 0 aromatic heterocycles. The van der Waals surface area contributed by atoms with Gasteiger partial charge in [0.1, 0.15) is 5.25 Å². The number of halogens is 4. The Hall–Kier alpha value is -1.74. The number of hydrogen-bond donors (Lipinski definition) is 2. The van der Waals surface area contributed by atoms with E-state index < -0.39 is 41.0 Å². The molecule has 1 atom stereocenters. The fourth-order valence-corrected chi connectivity index (χ4v) is 2.84. The standard InChI is InChI=1S/C12H8ClF3N2O3S/c13-5-1-2-7(6(3-5)12(14,15)16)17-11-18-10(21)8(22-11)4-9(19)20/h1-3,8H,4H2,(H,19,20)(H,17,18,21)/t8-/m1/s1. The number of amides is 1. The number of nitrogens with zero attached hydrogens (tertiary/aromatic N) is 1. The molecular formula is C12H8ClF3N2O3S. The average Bonchev–Trinajstić information content (AvgIpc) is 2.70. The number of carbonyl (C=O) groups excluding carboxylic acids is 1. The topological polar surface area (TPSA) is 78.8 Å². The zero-order valence-electron chi connectivity index (χ0n) is 10.6. The van der Waals surface area contributed by atoms with Gasteiger partial charge in [-0.25, -0.2) is 4.99 Å². The molecule has 1 fully saturated rings. The summed E-state index contributed by atoms with van der Waals surface area (Å²) in [5.74, 6) is -1.79. The zero-order valence-corrected chi connectivity index (χ0v) is 12.2. The van der Waals surface area contributed by atoms with E-state index in [0.29, 0.717) is 0 Å². The number of hydrogen-bond acceptors (Lipinski definition) is 4. The van der Waals surface area contributed by atoms with Crippen molar-refractivity contribution in [1.29, 1.82) is 0 Å². The second-order valence-electron chi connectivity index (χ2n) is 4.27. The number of alkyl halides is 3. The molecule has 0 bridgehead atoms. The minimum Gasteiger partial charge on any atom is -0.481 e. The highest BCUT2D eigenvalue weighted by molar-refractivity contribution is 8.15. The molecule has 1 aromatic carbocycles. The maximum Gasteiger partial charge on any atom is 0.418 e. The summed E-state index contributed by atoms with van der Waals surface area (Å²) in [6.45, 7) is 0. The van der Waals surface area contributed by atoms with Gasteiger partial charge in [0.2, 0.25) is 5.91 Å². The SMILES string of the molecule is O=C(O)C[C@H]1SC(=Nc2ccc(Cl)cc2C(F)(F)F)NC1=O. The number of benzene rings is 1.